The Balaban J connectivity index is 1.59. The zero-order valence-corrected chi connectivity index (χ0v) is 17.9. The molecular weight excluding hydrogens is 416 g/mol. The normalized spacial score (nSPS) is 16.5. The van der Waals surface area contributed by atoms with Gasteiger partial charge in [0.1, 0.15) is 17.1 Å². The lowest BCUT2D eigenvalue weighted by atomic mass is 10.1. The van der Waals surface area contributed by atoms with E-state index in [4.69, 9.17) is 13.9 Å². The van der Waals surface area contributed by atoms with Crippen molar-refractivity contribution < 1.29 is 18.7 Å². The molecule has 2 aromatic heterocycles. The second-order valence-corrected chi connectivity index (χ2v) is 8.26. The predicted molar refractivity (Wildman–Crippen MR) is 121 cm³/mol. The molecule has 1 amide bonds. The van der Waals surface area contributed by atoms with E-state index in [0.717, 1.165) is 16.8 Å². The van der Waals surface area contributed by atoms with E-state index in [-0.39, 0.29) is 11.3 Å². The van der Waals surface area contributed by atoms with Crippen LogP contribution >= 0.6 is 11.3 Å². The van der Waals surface area contributed by atoms with Gasteiger partial charge in [-0.3, -0.25) is 9.59 Å². The molecule has 4 heterocycles. The summed E-state index contributed by atoms with van der Waals surface area (Å²) >= 11 is 1.37. The number of morpholine rings is 1. The van der Waals surface area contributed by atoms with E-state index in [1.54, 1.807) is 23.1 Å². The first-order chi connectivity index (χ1) is 15.2. The summed E-state index contributed by atoms with van der Waals surface area (Å²) in [6, 6.07) is 7.30. The van der Waals surface area contributed by atoms with Crippen LogP contribution in [-0.4, -0.2) is 45.4 Å². The molecule has 0 radical (unpaired) electrons. The molecule has 0 N–H and O–H groups in total. The molecule has 7 nitrogen and oxygen atoms in total. The highest BCUT2D eigenvalue weighted by molar-refractivity contribution is 7.17. The predicted octanol–water partition coefficient (Wildman–Crippen LogP) is 3.66. The maximum absolute atomic E-state index is 12.7. The van der Waals surface area contributed by atoms with Crippen LogP contribution in [0.25, 0.3) is 21.4 Å². The van der Waals surface area contributed by atoms with Crippen LogP contribution in [0.3, 0.4) is 0 Å². The number of ether oxygens (including phenoxy) is 2. The minimum absolute atomic E-state index is 0.0508. The molecule has 0 bridgehead atoms. The first kappa shape index (κ1) is 19.8. The average Bonchev–Trinajstić information content (AvgIpc) is 3.24. The molecule has 1 fully saturated rings. The fourth-order valence-corrected chi connectivity index (χ4v) is 4.83. The molecule has 0 aliphatic carbocycles. The lowest BCUT2D eigenvalue weighted by Crippen LogP contribution is -2.36. The summed E-state index contributed by atoms with van der Waals surface area (Å²) in [6.45, 7) is 5.35. The van der Waals surface area contributed by atoms with Gasteiger partial charge < -0.3 is 23.7 Å². The van der Waals surface area contributed by atoms with Gasteiger partial charge >= 0.3 is 0 Å². The topological polar surface area (TPSA) is 72.2 Å². The molecule has 0 saturated carbocycles. The number of hydrogen-bond donors (Lipinski definition) is 0. The van der Waals surface area contributed by atoms with Crippen LogP contribution in [0.15, 0.2) is 51.0 Å². The zero-order valence-electron chi connectivity index (χ0n) is 17.1. The molecule has 2 aliphatic rings. The number of rotatable bonds is 3. The first-order valence-corrected chi connectivity index (χ1v) is 11.1. The van der Waals surface area contributed by atoms with Gasteiger partial charge in [0, 0.05) is 30.1 Å². The van der Waals surface area contributed by atoms with Crippen molar-refractivity contribution in [3.8, 4) is 16.9 Å². The van der Waals surface area contributed by atoms with E-state index in [1.165, 1.54) is 11.3 Å². The number of nitrogens with zero attached hydrogens (tertiary/aromatic N) is 2. The van der Waals surface area contributed by atoms with E-state index in [2.05, 4.69) is 0 Å². The Bertz CT molecular complexity index is 1220. The summed E-state index contributed by atoms with van der Waals surface area (Å²) < 4.78 is 18.0. The van der Waals surface area contributed by atoms with Crippen molar-refractivity contribution in [2.45, 2.75) is 6.92 Å². The number of amides is 1. The van der Waals surface area contributed by atoms with Crippen LogP contribution in [0.2, 0.25) is 0 Å². The maximum atomic E-state index is 12.7. The Morgan fingerprint density at radius 1 is 1.13 bits per heavy atom. The number of allylic oxidation sites excluding steroid dienone is 1. The zero-order chi connectivity index (χ0) is 21.4. The molecule has 31 heavy (non-hydrogen) atoms. The van der Waals surface area contributed by atoms with Crippen molar-refractivity contribution in [1.29, 1.82) is 0 Å². The van der Waals surface area contributed by atoms with Crippen molar-refractivity contribution in [2.24, 2.45) is 0 Å². The van der Waals surface area contributed by atoms with E-state index >= 15 is 0 Å². The van der Waals surface area contributed by atoms with E-state index < -0.39 is 0 Å². The van der Waals surface area contributed by atoms with Gasteiger partial charge in [-0.25, -0.2) is 0 Å². The fourth-order valence-electron chi connectivity index (χ4n) is 3.92. The quantitative estimate of drug-likeness (QED) is 0.581. The molecule has 0 unspecified atom stereocenters. The highest BCUT2D eigenvalue weighted by atomic mass is 32.1. The van der Waals surface area contributed by atoms with E-state index in [9.17, 15) is 9.59 Å². The van der Waals surface area contributed by atoms with Crippen molar-refractivity contribution in [2.75, 3.05) is 49.3 Å². The SMILES string of the molecule is C/C=C\C(=O)N1CCOc2ccc(-c3csc4c(=O)cc(N5CCOCC5)oc34)cc21. The molecule has 5 rings (SSSR count). The first-order valence-electron chi connectivity index (χ1n) is 10.2. The summed E-state index contributed by atoms with van der Waals surface area (Å²) in [6.07, 6.45) is 3.28. The molecule has 1 aromatic carbocycles. The third-order valence-corrected chi connectivity index (χ3v) is 6.44. The Kier molecular flexibility index (Phi) is 5.25. The number of hydrogen-bond acceptors (Lipinski definition) is 7. The number of benzene rings is 1. The average molecular weight is 439 g/mol. The van der Waals surface area contributed by atoms with Gasteiger partial charge in [-0.1, -0.05) is 12.1 Å². The number of thiophene rings is 1. The van der Waals surface area contributed by atoms with E-state index in [0.29, 0.717) is 61.4 Å². The van der Waals surface area contributed by atoms with Gasteiger partial charge in [-0.15, -0.1) is 11.3 Å². The summed E-state index contributed by atoms with van der Waals surface area (Å²) in [5, 5.41) is 1.93. The van der Waals surface area contributed by atoms with Crippen LogP contribution in [0.5, 0.6) is 5.75 Å². The van der Waals surface area contributed by atoms with Crippen LogP contribution in [0.1, 0.15) is 6.92 Å². The minimum Gasteiger partial charge on any atom is -0.490 e. The third-order valence-electron chi connectivity index (χ3n) is 5.46. The lowest BCUT2D eigenvalue weighted by molar-refractivity contribution is -0.114. The highest BCUT2D eigenvalue weighted by Crippen LogP contribution is 2.40. The Labute approximate surface area is 183 Å². The molecule has 160 valence electrons. The Morgan fingerprint density at radius 2 is 1.97 bits per heavy atom. The smallest absolute Gasteiger partial charge is 0.250 e. The van der Waals surface area contributed by atoms with Crippen LogP contribution in [-0.2, 0) is 9.53 Å². The molecule has 3 aromatic rings. The molecule has 1 saturated heterocycles. The number of fused-ring (bicyclic) bond motifs is 2. The van der Waals surface area contributed by atoms with Gasteiger partial charge in [0.2, 0.25) is 5.43 Å². The fraction of sp³-hybridized carbons (Fsp3) is 0.304. The van der Waals surface area contributed by atoms with Gasteiger partial charge in [0.15, 0.2) is 11.5 Å². The number of carbonyl (C=O) groups excluding carboxylic acids is 1. The van der Waals surface area contributed by atoms with Gasteiger partial charge in [0.05, 0.1) is 25.4 Å². The van der Waals surface area contributed by atoms with Gasteiger partial charge in [-0.2, -0.15) is 0 Å². The summed E-state index contributed by atoms with van der Waals surface area (Å²) in [4.78, 5) is 29.0. The second kappa shape index (κ2) is 8.20. The molecule has 0 spiro atoms. The Hall–Kier alpha value is -3.10. The number of carbonyl (C=O) groups is 1. The summed E-state index contributed by atoms with van der Waals surface area (Å²) in [5.74, 6) is 1.15. The van der Waals surface area contributed by atoms with Crippen molar-refractivity contribution in [3.05, 3.63) is 52.0 Å². The molecule has 0 atom stereocenters. The maximum Gasteiger partial charge on any atom is 0.250 e. The number of anilines is 2. The summed E-state index contributed by atoms with van der Waals surface area (Å²) in [5.41, 5.74) is 2.94. The van der Waals surface area contributed by atoms with Crippen molar-refractivity contribution >= 4 is 39.1 Å². The second-order valence-electron chi connectivity index (χ2n) is 7.38. The molecule has 2 aliphatic heterocycles. The van der Waals surface area contributed by atoms with Gasteiger partial charge in [-0.05, 0) is 30.7 Å². The monoisotopic (exact) mass is 438 g/mol. The minimum atomic E-state index is -0.0829. The standard InChI is InChI=1S/C23H22N2O5S/c1-2-3-20(27)25-8-11-29-19-5-4-15(12-17(19)25)16-14-31-23-18(26)13-21(30-22(16)23)24-6-9-28-10-7-24/h2-5,12-14H,6-11H2,1H3/b3-2-. The van der Waals surface area contributed by atoms with Crippen molar-refractivity contribution in [1.82, 2.24) is 0 Å². The van der Waals surface area contributed by atoms with Crippen LogP contribution in [0, 0.1) is 0 Å². The van der Waals surface area contributed by atoms with E-state index in [1.807, 2.05) is 35.4 Å². The van der Waals surface area contributed by atoms with Crippen molar-refractivity contribution in [3.63, 3.8) is 0 Å². The Morgan fingerprint density at radius 3 is 2.77 bits per heavy atom. The van der Waals surface area contributed by atoms with Gasteiger partial charge in [0.25, 0.3) is 5.91 Å². The van der Waals surface area contributed by atoms with Crippen LogP contribution < -0.4 is 20.0 Å². The molecular formula is C23H22N2O5S. The highest BCUT2D eigenvalue weighted by Gasteiger charge is 2.24. The lowest BCUT2D eigenvalue weighted by Gasteiger charge is -2.29. The third kappa shape index (κ3) is 3.62. The van der Waals surface area contributed by atoms with Crippen LogP contribution in [0.4, 0.5) is 11.6 Å². The largest absolute Gasteiger partial charge is 0.490 e. The molecule has 8 heteroatoms. The summed E-state index contributed by atoms with van der Waals surface area (Å²) in [7, 11) is 0.